The number of nitrogens with two attached hydrogens (primary N) is 1. The number of morpholine rings is 1. The Balaban J connectivity index is 1.58. The lowest BCUT2D eigenvalue weighted by Crippen LogP contribution is -2.40. The number of carbonyl (C=O) groups is 2. The van der Waals surface area contributed by atoms with Crippen LogP contribution in [0.15, 0.2) is 39.3 Å². The Morgan fingerprint density at radius 3 is 2.56 bits per heavy atom. The molecule has 27 heavy (non-hydrogen) atoms. The average Bonchev–Trinajstić information content (AvgIpc) is 3.35. The van der Waals surface area contributed by atoms with Crippen LogP contribution >= 0.6 is 0 Å². The van der Waals surface area contributed by atoms with Gasteiger partial charge in [-0.3, -0.25) is 9.59 Å². The van der Waals surface area contributed by atoms with Gasteiger partial charge in [0.15, 0.2) is 5.69 Å². The van der Waals surface area contributed by atoms with Crippen molar-refractivity contribution in [2.24, 2.45) is 0 Å². The van der Waals surface area contributed by atoms with Crippen LogP contribution < -0.4 is 5.73 Å². The Morgan fingerprint density at radius 1 is 1.07 bits per heavy atom. The third-order valence-electron chi connectivity index (χ3n) is 4.08. The third kappa shape index (κ3) is 3.17. The first-order valence-electron chi connectivity index (χ1n) is 8.21. The largest absolute Gasteiger partial charge is 0.410 e. The van der Waals surface area contributed by atoms with E-state index < -0.39 is 11.7 Å². The fourth-order valence-corrected chi connectivity index (χ4v) is 2.64. The fraction of sp³-hybridized carbons (Fsp3) is 0.235. The van der Waals surface area contributed by atoms with Gasteiger partial charge in [-0.05, 0) is 0 Å². The van der Waals surface area contributed by atoms with Gasteiger partial charge < -0.3 is 24.3 Å². The summed E-state index contributed by atoms with van der Waals surface area (Å²) in [5.41, 5.74) is 6.38. The number of nitrogens with zero attached hydrogens (tertiary/aromatic N) is 4. The molecule has 138 valence electrons. The van der Waals surface area contributed by atoms with E-state index in [2.05, 4.69) is 15.4 Å². The number of anilines is 1. The Kier molecular flexibility index (Phi) is 4.38. The Labute approximate surface area is 152 Å². The summed E-state index contributed by atoms with van der Waals surface area (Å²) in [4.78, 5) is 26.4. The topological polar surface area (TPSA) is 138 Å². The maximum atomic E-state index is 12.5. The lowest BCUT2D eigenvalue weighted by molar-refractivity contribution is 0.0278. The zero-order valence-electron chi connectivity index (χ0n) is 14.1. The van der Waals surface area contributed by atoms with Crippen molar-refractivity contribution >= 4 is 17.4 Å². The van der Waals surface area contributed by atoms with Crippen LogP contribution in [-0.2, 0) is 4.74 Å². The summed E-state index contributed by atoms with van der Waals surface area (Å²) in [6.45, 7) is 1.79. The zero-order chi connectivity index (χ0) is 18.8. The van der Waals surface area contributed by atoms with E-state index in [0.717, 1.165) is 0 Å². The van der Waals surface area contributed by atoms with E-state index in [4.69, 9.17) is 19.4 Å². The van der Waals surface area contributed by atoms with Gasteiger partial charge in [0.2, 0.25) is 11.5 Å². The molecule has 2 N–H and O–H groups in total. The molecular formula is C17H15N5O5. The summed E-state index contributed by atoms with van der Waals surface area (Å²) < 4.78 is 15.7. The predicted octanol–water partition coefficient (Wildman–Crippen LogP) is 1.01. The van der Waals surface area contributed by atoms with Gasteiger partial charge in [-0.25, -0.2) is 0 Å². The molecule has 1 aromatic carbocycles. The van der Waals surface area contributed by atoms with Crippen LogP contribution in [0.25, 0.3) is 11.6 Å². The van der Waals surface area contributed by atoms with Crippen LogP contribution in [0.5, 0.6) is 0 Å². The number of ketones is 1. The molecule has 10 heteroatoms. The minimum atomic E-state index is -0.420. The van der Waals surface area contributed by atoms with Gasteiger partial charge in [-0.2, -0.15) is 0 Å². The molecule has 3 aromatic rings. The number of amides is 1. The number of nitrogen functional groups attached to an aromatic ring is 1. The number of hydrogen-bond acceptors (Lipinski definition) is 9. The lowest BCUT2D eigenvalue weighted by Gasteiger charge is -2.25. The molecule has 0 spiro atoms. The van der Waals surface area contributed by atoms with Crippen LogP contribution in [0.1, 0.15) is 26.8 Å². The predicted molar refractivity (Wildman–Crippen MR) is 90.8 cm³/mol. The Morgan fingerprint density at radius 2 is 1.81 bits per heavy atom. The van der Waals surface area contributed by atoms with Crippen LogP contribution in [0.2, 0.25) is 0 Å². The molecule has 1 saturated heterocycles. The van der Waals surface area contributed by atoms with Crippen LogP contribution in [-0.4, -0.2) is 58.2 Å². The number of benzene rings is 1. The molecule has 1 aliphatic rings. The minimum Gasteiger partial charge on any atom is -0.410 e. The van der Waals surface area contributed by atoms with Crippen molar-refractivity contribution in [2.75, 3.05) is 32.0 Å². The van der Waals surface area contributed by atoms with Gasteiger partial charge in [0.25, 0.3) is 5.89 Å². The highest BCUT2D eigenvalue weighted by Crippen LogP contribution is 2.28. The summed E-state index contributed by atoms with van der Waals surface area (Å²) in [5, 5.41) is 11.3. The fourth-order valence-electron chi connectivity index (χ4n) is 2.64. The molecule has 0 saturated carbocycles. The summed E-state index contributed by atoms with van der Waals surface area (Å²) in [6.07, 6.45) is 0. The van der Waals surface area contributed by atoms with Gasteiger partial charge in [0.1, 0.15) is 5.69 Å². The maximum absolute atomic E-state index is 12.5. The lowest BCUT2D eigenvalue weighted by atomic mass is 10.1. The molecule has 3 heterocycles. The van der Waals surface area contributed by atoms with Gasteiger partial charge in [0.05, 0.1) is 13.2 Å². The summed E-state index contributed by atoms with van der Waals surface area (Å²) >= 11 is 0. The normalized spacial score (nSPS) is 14.3. The smallest absolute Gasteiger partial charge is 0.311 e. The van der Waals surface area contributed by atoms with Crippen molar-refractivity contribution in [3.8, 4) is 11.6 Å². The standard InChI is InChI=1S/C17H15N5O5/c18-11-12(21-27-14(11)13(23)10-4-2-1-3-5-10)15-19-20-16(26-15)17(24)22-6-8-25-9-7-22/h1-5H,6-9,18H2. The van der Waals surface area contributed by atoms with E-state index in [9.17, 15) is 9.59 Å². The second-order valence-electron chi connectivity index (χ2n) is 5.79. The van der Waals surface area contributed by atoms with Gasteiger partial charge >= 0.3 is 11.8 Å². The van der Waals surface area contributed by atoms with E-state index in [1.165, 1.54) is 0 Å². The molecule has 0 atom stereocenters. The van der Waals surface area contributed by atoms with Crippen molar-refractivity contribution < 1.29 is 23.3 Å². The molecule has 4 rings (SSSR count). The third-order valence-corrected chi connectivity index (χ3v) is 4.08. The van der Waals surface area contributed by atoms with Gasteiger partial charge in [0, 0.05) is 18.7 Å². The first-order chi connectivity index (χ1) is 13.1. The van der Waals surface area contributed by atoms with E-state index in [1.54, 1.807) is 35.2 Å². The molecule has 0 radical (unpaired) electrons. The number of hydrogen-bond donors (Lipinski definition) is 1. The minimum absolute atomic E-state index is 0.0165. The summed E-state index contributed by atoms with van der Waals surface area (Å²) in [5.74, 6) is -1.24. The highest BCUT2D eigenvalue weighted by molar-refractivity contribution is 6.11. The van der Waals surface area contributed by atoms with E-state index >= 15 is 0 Å². The molecule has 10 nitrogen and oxygen atoms in total. The Bertz CT molecular complexity index is 975. The second-order valence-corrected chi connectivity index (χ2v) is 5.79. The van der Waals surface area contributed by atoms with E-state index in [1.807, 2.05) is 0 Å². The number of carbonyl (C=O) groups excluding carboxylic acids is 2. The van der Waals surface area contributed by atoms with Crippen molar-refractivity contribution in [3.63, 3.8) is 0 Å². The highest BCUT2D eigenvalue weighted by Gasteiger charge is 2.28. The molecule has 1 amide bonds. The quantitative estimate of drug-likeness (QED) is 0.668. The molecule has 1 fully saturated rings. The molecule has 0 bridgehead atoms. The van der Waals surface area contributed by atoms with Crippen molar-refractivity contribution in [3.05, 3.63) is 47.5 Å². The second kappa shape index (κ2) is 7.00. The summed E-state index contributed by atoms with van der Waals surface area (Å²) in [7, 11) is 0. The zero-order valence-corrected chi connectivity index (χ0v) is 14.1. The van der Waals surface area contributed by atoms with E-state index in [0.29, 0.717) is 31.9 Å². The van der Waals surface area contributed by atoms with Crippen molar-refractivity contribution in [2.45, 2.75) is 0 Å². The van der Waals surface area contributed by atoms with Crippen molar-refractivity contribution in [1.29, 1.82) is 0 Å². The highest BCUT2D eigenvalue weighted by atomic mass is 16.5. The molecular weight excluding hydrogens is 354 g/mol. The van der Waals surface area contributed by atoms with Crippen molar-refractivity contribution in [1.82, 2.24) is 20.3 Å². The number of ether oxygens (including phenoxy) is 1. The Hall–Kier alpha value is -3.53. The molecule has 0 unspecified atom stereocenters. The maximum Gasteiger partial charge on any atom is 0.311 e. The number of rotatable bonds is 4. The van der Waals surface area contributed by atoms with E-state index in [-0.39, 0.29) is 28.9 Å². The SMILES string of the molecule is Nc1c(-c2nnc(C(=O)N3CCOCC3)o2)noc1C(=O)c1ccccc1. The van der Waals surface area contributed by atoms with Crippen LogP contribution in [0.4, 0.5) is 5.69 Å². The average molecular weight is 369 g/mol. The number of aromatic nitrogens is 3. The first-order valence-corrected chi connectivity index (χ1v) is 8.21. The monoisotopic (exact) mass is 369 g/mol. The van der Waals surface area contributed by atoms with Crippen LogP contribution in [0.3, 0.4) is 0 Å². The molecule has 0 aliphatic carbocycles. The van der Waals surface area contributed by atoms with Gasteiger partial charge in [-0.15, -0.1) is 10.2 Å². The molecule has 2 aromatic heterocycles. The first kappa shape index (κ1) is 16.9. The van der Waals surface area contributed by atoms with Gasteiger partial charge in [-0.1, -0.05) is 35.5 Å². The summed E-state index contributed by atoms with van der Waals surface area (Å²) in [6, 6.07) is 8.51. The molecule has 1 aliphatic heterocycles. The van der Waals surface area contributed by atoms with Crippen LogP contribution in [0, 0.1) is 0 Å².